The summed E-state index contributed by atoms with van der Waals surface area (Å²) < 4.78 is 60.0. The molecule has 0 radical (unpaired) electrons. The van der Waals surface area contributed by atoms with Gasteiger partial charge in [0.15, 0.2) is 0 Å². The van der Waals surface area contributed by atoms with Gasteiger partial charge in [-0.3, -0.25) is 0 Å². The smallest absolute Gasteiger partial charge is 0.323 e. The van der Waals surface area contributed by atoms with Gasteiger partial charge in [-0.1, -0.05) is 66.7 Å². The van der Waals surface area contributed by atoms with E-state index in [4.69, 9.17) is 8.37 Å². The van der Waals surface area contributed by atoms with Crippen LogP contribution in [0.4, 0.5) is 32.3 Å². The van der Waals surface area contributed by atoms with E-state index in [1.165, 1.54) is 48.5 Å². The third-order valence-electron chi connectivity index (χ3n) is 6.87. The number of hydrogen-bond acceptors (Lipinski definition) is 8. The summed E-state index contributed by atoms with van der Waals surface area (Å²) in [5, 5.41) is 10.8. The van der Waals surface area contributed by atoms with Crippen molar-refractivity contribution < 1.29 is 34.8 Å². The fraction of sp³-hybridized carbons (Fsp3) is 0.0857. The highest BCUT2D eigenvalue weighted by Gasteiger charge is 2.16. The summed E-state index contributed by atoms with van der Waals surface area (Å²) >= 11 is 0. The van der Waals surface area contributed by atoms with Crippen molar-refractivity contribution in [3.05, 3.63) is 144 Å². The first-order valence-electron chi connectivity index (χ1n) is 14.8. The number of hydrogen-bond donors (Lipinski definition) is 4. The fourth-order valence-electron chi connectivity index (χ4n) is 4.57. The van der Waals surface area contributed by atoms with Gasteiger partial charge in [0, 0.05) is 22.7 Å². The quantitative estimate of drug-likeness (QED) is 0.1000. The summed E-state index contributed by atoms with van der Waals surface area (Å²) in [6.45, 7) is 1.72. The van der Waals surface area contributed by atoms with Gasteiger partial charge in [0.25, 0.3) is 0 Å². The molecule has 0 saturated carbocycles. The molecule has 0 bridgehead atoms. The predicted molar refractivity (Wildman–Crippen MR) is 189 cm³/mol. The van der Waals surface area contributed by atoms with Gasteiger partial charge in [0.2, 0.25) is 0 Å². The zero-order chi connectivity index (χ0) is 34.9. The Bertz CT molecular complexity index is 1980. The summed E-state index contributed by atoms with van der Waals surface area (Å²) in [7, 11) is -7.75. The highest BCUT2D eigenvalue weighted by molar-refractivity contribution is 7.86. The van der Waals surface area contributed by atoms with E-state index in [1.807, 2.05) is 0 Å². The van der Waals surface area contributed by atoms with Crippen molar-refractivity contribution in [2.24, 2.45) is 0 Å². The van der Waals surface area contributed by atoms with E-state index in [9.17, 15) is 26.4 Å². The predicted octanol–water partition coefficient (Wildman–Crippen LogP) is 7.10. The van der Waals surface area contributed by atoms with Crippen LogP contribution in [0.25, 0.3) is 0 Å². The molecule has 0 saturated heterocycles. The Balaban J connectivity index is 1.11. The Labute approximate surface area is 284 Å². The van der Waals surface area contributed by atoms with Gasteiger partial charge in [-0.25, -0.2) is 9.59 Å². The zero-order valence-electron chi connectivity index (χ0n) is 26.1. The van der Waals surface area contributed by atoms with Crippen molar-refractivity contribution >= 4 is 55.0 Å². The average molecular weight is 701 g/mol. The van der Waals surface area contributed by atoms with Crippen molar-refractivity contribution in [2.75, 3.05) is 21.3 Å². The number of rotatable bonds is 12. The maximum atomic E-state index is 12.7. The van der Waals surface area contributed by atoms with Crippen LogP contribution in [0.1, 0.15) is 16.7 Å². The normalized spacial score (nSPS) is 11.2. The minimum atomic E-state index is -3.88. The lowest BCUT2D eigenvalue weighted by atomic mass is 10.1. The maximum Gasteiger partial charge on any atom is 0.323 e. The molecule has 0 aromatic heterocycles. The molecule has 12 nitrogen and oxygen atoms in total. The molecular weight excluding hydrogens is 669 g/mol. The second-order valence-corrected chi connectivity index (χ2v) is 13.9. The number of benzene rings is 5. The third kappa shape index (κ3) is 10.6. The van der Waals surface area contributed by atoms with E-state index in [0.29, 0.717) is 39.4 Å². The molecule has 4 N–H and O–H groups in total. The summed E-state index contributed by atoms with van der Waals surface area (Å²) in [4.78, 5) is 25.5. The van der Waals surface area contributed by atoms with Gasteiger partial charge < -0.3 is 29.6 Å². The van der Waals surface area contributed by atoms with E-state index in [1.54, 1.807) is 85.8 Å². The molecule has 0 fully saturated rings. The van der Waals surface area contributed by atoms with Gasteiger partial charge in [-0.15, -0.1) is 0 Å². The molecule has 5 aromatic rings. The number of anilines is 4. The molecule has 0 atom stereocenters. The molecule has 0 unspecified atom stereocenters. The van der Waals surface area contributed by atoms with Crippen molar-refractivity contribution in [2.45, 2.75) is 18.4 Å². The monoisotopic (exact) mass is 700 g/mol. The first-order valence-corrected chi connectivity index (χ1v) is 18.0. The van der Waals surface area contributed by atoms with Crippen molar-refractivity contribution in [3.63, 3.8) is 0 Å². The van der Waals surface area contributed by atoms with Crippen LogP contribution in [-0.4, -0.2) is 28.9 Å². The molecule has 4 amide bonds. The second kappa shape index (κ2) is 15.4. The Hall–Kier alpha value is -5.86. The second-order valence-electron chi connectivity index (χ2n) is 10.7. The number of amides is 4. The maximum absolute atomic E-state index is 12.7. The third-order valence-corrected chi connectivity index (χ3v) is 9.14. The van der Waals surface area contributed by atoms with Crippen LogP contribution in [-0.2, 0) is 31.7 Å². The van der Waals surface area contributed by atoms with Crippen LogP contribution >= 0.6 is 0 Å². The number of urea groups is 2. The molecule has 0 aliphatic heterocycles. The fourth-order valence-corrected chi connectivity index (χ4v) is 6.70. The van der Waals surface area contributed by atoms with Crippen LogP contribution < -0.4 is 29.6 Å². The summed E-state index contributed by atoms with van der Waals surface area (Å²) in [6, 6.07) is 32.9. The molecule has 252 valence electrons. The van der Waals surface area contributed by atoms with Crippen molar-refractivity contribution in [1.82, 2.24) is 0 Å². The minimum absolute atomic E-state index is 0.103. The van der Waals surface area contributed by atoms with E-state index in [2.05, 4.69) is 21.3 Å². The molecule has 14 heteroatoms. The molecule has 0 spiro atoms. The topological polar surface area (TPSA) is 169 Å². The Morgan fingerprint density at radius 1 is 0.490 bits per heavy atom. The SMILES string of the molecule is Cc1c(NC(=O)Nc2ccc(OS(=O)(=O)Cc3ccccc3)cc2)cccc1NC(=O)Nc1ccc(OS(=O)(=O)Cc2ccccc2)cc1. The molecule has 5 rings (SSSR count). The Morgan fingerprint density at radius 2 is 0.857 bits per heavy atom. The van der Waals surface area contributed by atoms with Crippen molar-refractivity contribution in [1.29, 1.82) is 0 Å². The molecule has 49 heavy (non-hydrogen) atoms. The number of carbonyl (C=O) groups is 2. The van der Waals surface area contributed by atoms with E-state index >= 15 is 0 Å². The van der Waals surface area contributed by atoms with E-state index in [-0.39, 0.29) is 23.0 Å². The molecule has 0 aliphatic carbocycles. The first kappa shape index (κ1) is 34.5. The van der Waals surface area contributed by atoms with Crippen molar-refractivity contribution in [3.8, 4) is 11.5 Å². The lowest BCUT2D eigenvalue weighted by molar-refractivity contribution is 0.261. The van der Waals surface area contributed by atoms with Crippen LogP contribution in [0.3, 0.4) is 0 Å². The van der Waals surface area contributed by atoms with Crippen LogP contribution in [0.2, 0.25) is 0 Å². The standard InChI is InChI=1S/C35H32N4O8S2/c1-25-32(38-34(40)36-28-15-19-30(20-16-28)46-48(42,43)23-26-9-4-2-5-10-26)13-8-14-33(25)39-35(41)37-29-17-21-31(22-18-29)47-49(44,45)24-27-11-6-3-7-12-27/h2-22H,23-24H2,1H3,(H2,36,38,40)(H2,37,39,41). The summed E-state index contributed by atoms with van der Waals surface area (Å²) in [5.74, 6) is -0.355. The molecule has 0 heterocycles. The number of carbonyl (C=O) groups excluding carboxylic acids is 2. The highest BCUT2D eigenvalue weighted by atomic mass is 32.2. The molecule has 0 aliphatic rings. The van der Waals surface area contributed by atoms with Crippen LogP contribution in [0.15, 0.2) is 127 Å². The lowest BCUT2D eigenvalue weighted by Gasteiger charge is -2.15. The minimum Gasteiger partial charge on any atom is -0.382 e. The largest absolute Gasteiger partial charge is 0.382 e. The van der Waals surface area contributed by atoms with Gasteiger partial charge in [-0.2, -0.15) is 16.8 Å². The first-order chi connectivity index (χ1) is 23.4. The van der Waals surface area contributed by atoms with Gasteiger partial charge in [0.1, 0.15) is 23.0 Å². The Morgan fingerprint density at radius 3 is 1.22 bits per heavy atom. The van der Waals surface area contributed by atoms with E-state index < -0.39 is 32.3 Å². The summed E-state index contributed by atoms with van der Waals surface area (Å²) in [6.07, 6.45) is 0. The Kier molecular flexibility index (Phi) is 10.8. The van der Waals surface area contributed by atoms with Gasteiger partial charge >= 0.3 is 32.3 Å². The average Bonchev–Trinajstić information content (AvgIpc) is 3.05. The van der Waals surface area contributed by atoms with Crippen LogP contribution in [0, 0.1) is 6.92 Å². The summed E-state index contributed by atoms with van der Waals surface area (Å²) in [5.41, 5.74) is 3.41. The van der Waals surface area contributed by atoms with Crippen LogP contribution in [0.5, 0.6) is 11.5 Å². The zero-order valence-corrected chi connectivity index (χ0v) is 27.8. The van der Waals surface area contributed by atoms with Gasteiger partial charge in [0.05, 0.1) is 0 Å². The molecular formula is C35H32N4O8S2. The highest BCUT2D eigenvalue weighted by Crippen LogP contribution is 2.25. The van der Waals surface area contributed by atoms with Gasteiger partial charge in [-0.05, 0) is 84.3 Å². The lowest BCUT2D eigenvalue weighted by Crippen LogP contribution is -2.22. The molecule has 5 aromatic carbocycles. The number of nitrogens with one attached hydrogen (secondary N) is 4. The van der Waals surface area contributed by atoms with E-state index in [0.717, 1.165) is 0 Å².